The summed E-state index contributed by atoms with van der Waals surface area (Å²) in [5, 5.41) is 21.4. The number of phenolic OH excluding ortho intramolecular Hbond substituents is 1. The molecule has 0 radical (unpaired) electrons. The van der Waals surface area contributed by atoms with Crippen LogP contribution in [0.25, 0.3) is 0 Å². The Labute approximate surface area is 194 Å². The molecule has 3 unspecified atom stereocenters. The quantitative estimate of drug-likeness (QED) is 0.543. The van der Waals surface area contributed by atoms with Crippen molar-refractivity contribution in [2.75, 3.05) is 26.2 Å². The van der Waals surface area contributed by atoms with Crippen LogP contribution in [-0.4, -0.2) is 64.1 Å². The Balaban J connectivity index is 0.00000272. The molecule has 0 saturated carbocycles. The predicted octanol–water partition coefficient (Wildman–Crippen LogP) is 1.40. The second-order valence-electron chi connectivity index (χ2n) is 8.88. The van der Waals surface area contributed by atoms with E-state index in [1.807, 2.05) is 42.5 Å². The van der Waals surface area contributed by atoms with E-state index in [0.29, 0.717) is 18.9 Å². The highest BCUT2D eigenvalue weighted by atomic mass is 16.4. The van der Waals surface area contributed by atoms with Gasteiger partial charge >= 0.3 is 5.97 Å². The lowest BCUT2D eigenvalue weighted by atomic mass is 9.68. The van der Waals surface area contributed by atoms with Crippen LogP contribution in [0.15, 0.2) is 54.6 Å². The molecule has 0 bridgehead atoms. The SMILES string of the molecule is CC1CN(CC(Cc2ccccc2)C(=O)NCC(=O)O)CCC1(C)c1cccc(O)c1.O.O. The van der Waals surface area contributed by atoms with Crippen molar-refractivity contribution in [3.8, 4) is 5.75 Å². The first kappa shape index (κ1) is 28.1. The molecule has 8 nitrogen and oxygen atoms in total. The van der Waals surface area contributed by atoms with Crippen molar-refractivity contribution < 1.29 is 30.8 Å². The third-order valence-corrected chi connectivity index (χ3v) is 6.66. The highest BCUT2D eigenvalue weighted by Crippen LogP contribution is 2.40. The first-order valence-electron chi connectivity index (χ1n) is 10.8. The number of carboxylic acid groups (broad SMARTS) is 1. The summed E-state index contributed by atoms with van der Waals surface area (Å²) in [7, 11) is 0. The molecular formula is C25H36N2O6. The van der Waals surface area contributed by atoms with Gasteiger partial charge in [-0.2, -0.15) is 0 Å². The maximum Gasteiger partial charge on any atom is 0.322 e. The number of carboxylic acids is 1. The van der Waals surface area contributed by atoms with Gasteiger partial charge in [-0.05, 0) is 54.0 Å². The van der Waals surface area contributed by atoms with Gasteiger partial charge in [0, 0.05) is 13.1 Å². The maximum atomic E-state index is 12.8. The first-order chi connectivity index (χ1) is 14.8. The summed E-state index contributed by atoms with van der Waals surface area (Å²) < 4.78 is 0. The molecule has 33 heavy (non-hydrogen) atoms. The van der Waals surface area contributed by atoms with Gasteiger partial charge in [0.15, 0.2) is 0 Å². The lowest BCUT2D eigenvalue weighted by molar-refractivity contribution is -0.138. The van der Waals surface area contributed by atoms with Gasteiger partial charge in [0.2, 0.25) is 5.91 Å². The summed E-state index contributed by atoms with van der Waals surface area (Å²) in [5.41, 5.74) is 2.16. The maximum absolute atomic E-state index is 12.8. The molecule has 2 aromatic carbocycles. The number of phenols is 1. The largest absolute Gasteiger partial charge is 0.508 e. The molecule has 1 aliphatic heterocycles. The number of rotatable bonds is 8. The smallest absolute Gasteiger partial charge is 0.322 e. The molecule has 0 aromatic heterocycles. The van der Waals surface area contributed by atoms with Crippen molar-refractivity contribution >= 4 is 11.9 Å². The van der Waals surface area contributed by atoms with E-state index in [9.17, 15) is 14.7 Å². The molecule has 3 atom stereocenters. The van der Waals surface area contributed by atoms with E-state index < -0.39 is 5.97 Å². The van der Waals surface area contributed by atoms with E-state index in [-0.39, 0.29) is 40.5 Å². The molecule has 0 aliphatic carbocycles. The lowest BCUT2D eigenvalue weighted by Crippen LogP contribution is -2.50. The number of carbonyl (C=O) groups is 2. The average molecular weight is 461 g/mol. The Hall–Kier alpha value is -2.94. The van der Waals surface area contributed by atoms with E-state index in [4.69, 9.17) is 5.11 Å². The van der Waals surface area contributed by atoms with E-state index in [1.54, 1.807) is 6.07 Å². The number of aromatic hydroxyl groups is 1. The number of piperidine rings is 1. The Kier molecular flexibility index (Phi) is 10.5. The third kappa shape index (κ3) is 7.28. The fourth-order valence-electron chi connectivity index (χ4n) is 4.53. The Morgan fingerprint density at radius 1 is 1.15 bits per heavy atom. The monoisotopic (exact) mass is 460 g/mol. The lowest BCUT2D eigenvalue weighted by Gasteiger charge is -2.45. The van der Waals surface area contributed by atoms with Crippen LogP contribution in [0, 0.1) is 11.8 Å². The van der Waals surface area contributed by atoms with E-state index in [0.717, 1.165) is 30.6 Å². The summed E-state index contributed by atoms with van der Waals surface area (Å²) in [6.45, 7) is 6.35. The molecule has 1 saturated heterocycles. The summed E-state index contributed by atoms with van der Waals surface area (Å²) in [5.74, 6) is -0.964. The number of likely N-dealkylation sites (tertiary alicyclic amines) is 1. The number of hydrogen-bond acceptors (Lipinski definition) is 4. The zero-order chi connectivity index (χ0) is 22.4. The van der Waals surface area contributed by atoms with E-state index >= 15 is 0 Å². The summed E-state index contributed by atoms with van der Waals surface area (Å²) in [6, 6.07) is 17.3. The van der Waals surface area contributed by atoms with Crippen molar-refractivity contribution in [2.45, 2.75) is 32.1 Å². The van der Waals surface area contributed by atoms with Gasteiger partial charge in [0.25, 0.3) is 0 Å². The number of nitrogens with one attached hydrogen (secondary N) is 1. The molecule has 8 heteroatoms. The standard InChI is InChI=1S/C25H32N2O4.2H2O/c1-18-16-27(12-11-25(18,2)21-9-6-10-22(28)14-21)17-20(24(31)26-15-23(29)30)13-19-7-4-3-5-8-19;;/h3-10,14,18,20,28H,11-13,15-17H2,1-2H3,(H,26,31)(H,29,30);2*1H2. The third-order valence-electron chi connectivity index (χ3n) is 6.66. The highest BCUT2D eigenvalue weighted by molar-refractivity contribution is 5.83. The van der Waals surface area contributed by atoms with Gasteiger partial charge in [0.1, 0.15) is 12.3 Å². The minimum atomic E-state index is -1.04. The van der Waals surface area contributed by atoms with Gasteiger partial charge < -0.3 is 31.4 Å². The number of nitrogens with zero attached hydrogens (tertiary/aromatic N) is 1. The first-order valence-corrected chi connectivity index (χ1v) is 10.8. The van der Waals surface area contributed by atoms with Crippen molar-refractivity contribution in [2.24, 2.45) is 11.8 Å². The minimum Gasteiger partial charge on any atom is -0.508 e. The minimum absolute atomic E-state index is 0. The molecule has 7 N–H and O–H groups in total. The van der Waals surface area contributed by atoms with Crippen LogP contribution in [0.3, 0.4) is 0 Å². The molecular weight excluding hydrogens is 424 g/mol. The number of carbonyl (C=O) groups excluding carboxylic acids is 1. The number of aliphatic carboxylic acids is 1. The zero-order valence-corrected chi connectivity index (χ0v) is 19.3. The number of benzene rings is 2. The van der Waals surface area contributed by atoms with Crippen molar-refractivity contribution in [3.63, 3.8) is 0 Å². The molecule has 1 heterocycles. The highest BCUT2D eigenvalue weighted by Gasteiger charge is 2.39. The van der Waals surface area contributed by atoms with Crippen LogP contribution < -0.4 is 5.32 Å². The average Bonchev–Trinajstić information content (AvgIpc) is 2.75. The van der Waals surface area contributed by atoms with Crippen LogP contribution in [0.2, 0.25) is 0 Å². The second kappa shape index (κ2) is 12.3. The zero-order valence-electron chi connectivity index (χ0n) is 19.3. The molecule has 1 fully saturated rings. The van der Waals surface area contributed by atoms with E-state index in [2.05, 4.69) is 30.1 Å². The molecule has 182 valence electrons. The summed E-state index contributed by atoms with van der Waals surface area (Å²) in [6.07, 6.45) is 1.49. The topological polar surface area (TPSA) is 153 Å². The summed E-state index contributed by atoms with van der Waals surface area (Å²) in [4.78, 5) is 26.0. The van der Waals surface area contributed by atoms with Gasteiger partial charge in [-0.15, -0.1) is 0 Å². The second-order valence-corrected chi connectivity index (χ2v) is 8.88. The van der Waals surface area contributed by atoms with Crippen LogP contribution in [0.5, 0.6) is 5.75 Å². The number of hydrogen-bond donors (Lipinski definition) is 3. The van der Waals surface area contributed by atoms with Crippen LogP contribution in [0.4, 0.5) is 0 Å². The van der Waals surface area contributed by atoms with Crippen molar-refractivity contribution in [1.29, 1.82) is 0 Å². The molecule has 3 rings (SSSR count). The molecule has 1 aliphatic rings. The predicted molar refractivity (Wildman–Crippen MR) is 127 cm³/mol. The molecule has 0 spiro atoms. The molecule has 2 aromatic rings. The van der Waals surface area contributed by atoms with Gasteiger partial charge in [-0.1, -0.05) is 56.3 Å². The van der Waals surface area contributed by atoms with Gasteiger partial charge in [0.05, 0.1) is 5.92 Å². The van der Waals surface area contributed by atoms with Crippen LogP contribution >= 0.6 is 0 Å². The van der Waals surface area contributed by atoms with Crippen molar-refractivity contribution in [1.82, 2.24) is 10.2 Å². The number of amides is 1. The molecule has 1 amide bonds. The fourth-order valence-corrected chi connectivity index (χ4v) is 4.53. The Morgan fingerprint density at radius 2 is 1.85 bits per heavy atom. The Morgan fingerprint density at radius 3 is 2.45 bits per heavy atom. The fraction of sp³-hybridized carbons (Fsp3) is 0.440. The van der Waals surface area contributed by atoms with Crippen LogP contribution in [-0.2, 0) is 21.4 Å². The van der Waals surface area contributed by atoms with Crippen LogP contribution in [0.1, 0.15) is 31.4 Å². The van der Waals surface area contributed by atoms with Gasteiger partial charge in [-0.3, -0.25) is 9.59 Å². The van der Waals surface area contributed by atoms with E-state index in [1.165, 1.54) is 0 Å². The van der Waals surface area contributed by atoms with Gasteiger partial charge in [-0.25, -0.2) is 0 Å². The summed E-state index contributed by atoms with van der Waals surface area (Å²) >= 11 is 0. The van der Waals surface area contributed by atoms with Crippen molar-refractivity contribution in [3.05, 3.63) is 65.7 Å². The Bertz CT molecular complexity index is 907. The normalized spacial score (nSPS) is 21.2.